The van der Waals surface area contributed by atoms with E-state index in [0.29, 0.717) is 19.4 Å². The number of aliphatic hydroxyl groups excluding tert-OH is 2. The van der Waals surface area contributed by atoms with E-state index in [1.807, 2.05) is 6.08 Å². The zero-order valence-electron chi connectivity index (χ0n) is 43.0. The molecule has 0 aliphatic carbocycles. The minimum absolute atomic E-state index is 0.0247. The summed E-state index contributed by atoms with van der Waals surface area (Å²) in [6.45, 7) is 4.82. The third kappa shape index (κ3) is 50.8. The topological polar surface area (TPSA) is 95.9 Å². The van der Waals surface area contributed by atoms with Crippen LogP contribution in [0.25, 0.3) is 0 Å². The van der Waals surface area contributed by atoms with Crippen LogP contribution in [0.2, 0.25) is 0 Å². The van der Waals surface area contributed by atoms with Crippen LogP contribution in [0.3, 0.4) is 0 Å². The molecule has 0 aromatic heterocycles. The molecule has 0 rings (SSSR count). The highest BCUT2D eigenvalue weighted by Crippen LogP contribution is 2.15. The minimum atomic E-state index is -0.856. The summed E-state index contributed by atoms with van der Waals surface area (Å²) in [5.74, 6) is -0.111. The molecule has 6 nitrogen and oxygen atoms in total. The van der Waals surface area contributed by atoms with Gasteiger partial charge in [-0.2, -0.15) is 0 Å². The lowest BCUT2D eigenvalue weighted by molar-refractivity contribution is -0.143. The lowest BCUT2D eigenvalue weighted by atomic mass is 10.0. The Hall–Kier alpha value is -2.44. The Morgan fingerprint density at radius 3 is 1.18 bits per heavy atom. The lowest BCUT2D eigenvalue weighted by Gasteiger charge is -2.20. The molecule has 0 bridgehead atoms. The number of nitrogens with one attached hydrogen (secondary N) is 1. The Morgan fingerprint density at radius 2 is 0.769 bits per heavy atom. The van der Waals surface area contributed by atoms with E-state index in [2.05, 4.69) is 67.8 Å². The van der Waals surface area contributed by atoms with Gasteiger partial charge in [-0.1, -0.05) is 222 Å². The fraction of sp³-hybridized carbons (Fsp3) is 0.797. The highest BCUT2D eigenvalue weighted by atomic mass is 16.5. The van der Waals surface area contributed by atoms with Crippen molar-refractivity contribution in [1.29, 1.82) is 0 Å². The third-order valence-electron chi connectivity index (χ3n) is 12.5. The molecule has 2 unspecified atom stereocenters. The zero-order chi connectivity index (χ0) is 47.2. The summed E-state index contributed by atoms with van der Waals surface area (Å²) in [6.07, 6.45) is 69.5. The average molecular weight is 911 g/mol. The molecule has 6 heteroatoms. The molecule has 0 saturated heterocycles. The number of allylic oxidation sites excluding steroid dienone is 9. The van der Waals surface area contributed by atoms with Gasteiger partial charge in [-0.05, 0) is 103 Å². The van der Waals surface area contributed by atoms with Crippen LogP contribution >= 0.6 is 0 Å². The molecular weight excluding hydrogens is 803 g/mol. The van der Waals surface area contributed by atoms with E-state index in [1.54, 1.807) is 6.08 Å². The number of hydrogen-bond acceptors (Lipinski definition) is 5. The number of carbonyl (C=O) groups excluding carboxylic acids is 2. The maximum absolute atomic E-state index is 12.4. The Kier molecular flexibility index (Phi) is 52.1. The Morgan fingerprint density at radius 1 is 0.431 bits per heavy atom. The van der Waals surface area contributed by atoms with E-state index in [9.17, 15) is 19.8 Å². The Bertz CT molecular complexity index is 1140. The quantitative estimate of drug-likeness (QED) is 0.0321. The van der Waals surface area contributed by atoms with Gasteiger partial charge in [-0.25, -0.2) is 0 Å². The second-order valence-electron chi connectivity index (χ2n) is 18.9. The van der Waals surface area contributed by atoms with Gasteiger partial charge in [0.05, 0.1) is 25.4 Å². The standard InChI is InChI=1S/C59H107NO5/c1-3-5-7-9-11-13-15-17-18-19-22-25-29-33-37-41-45-49-53-59(64)65-54-50-46-42-38-34-30-26-23-20-21-24-28-32-36-40-44-48-52-58(63)60-56(55-61)57(62)51-47-43-39-35-31-27-16-14-12-10-8-6-4-2/h13,15,18-20,23,30,34,47,51,56-57,61-62H,3-12,14,16-17,21-22,24-29,31-33,35-46,48-50,52-55H2,1-2H3,(H,60,63)/b15-13-,19-18-,23-20-,34-30-,51-47+. The van der Waals surface area contributed by atoms with Gasteiger partial charge < -0.3 is 20.3 Å². The number of rotatable bonds is 51. The van der Waals surface area contributed by atoms with Crippen molar-refractivity contribution in [3.63, 3.8) is 0 Å². The van der Waals surface area contributed by atoms with Gasteiger partial charge in [-0.15, -0.1) is 0 Å². The van der Waals surface area contributed by atoms with Crippen molar-refractivity contribution in [2.45, 2.75) is 289 Å². The van der Waals surface area contributed by atoms with Crippen LogP contribution in [-0.2, 0) is 14.3 Å². The van der Waals surface area contributed by atoms with Gasteiger partial charge in [0.2, 0.25) is 5.91 Å². The summed E-state index contributed by atoms with van der Waals surface area (Å²) < 4.78 is 5.46. The highest BCUT2D eigenvalue weighted by molar-refractivity contribution is 5.76. The minimum Gasteiger partial charge on any atom is -0.466 e. The molecule has 0 fully saturated rings. The maximum atomic E-state index is 12.4. The monoisotopic (exact) mass is 910 g/mol. The summed E-state index contributed by atoms with van der Waals surface area (Å²) in [4.78, 5) is 24.5. The first-order valence-electron chi connectivity index (χ1n) is 28.1. The van der Waals surface area contributed by atoms with E-state index in [4.69, 9.17) is 4.74 Å². The van der Waals surface area contributed by atoms with Crippen molar-refractivity contribution >= 4 is 11.9 Å². The zero-order valence-corrected chi connectivity index (χ0v) is 43.0. The molecule has 65 heavy (non-hydrogen) atoms. The van der Waals surface area contributed by atoms with Gasteiger partial charge in [-0.3, -0.25) is 9.59 Å². The summed E-state index contributed by atoms with van der Waals surface area (Å²) in [5.41, 5.74) is 0. The number of hydrogen-bond donors (Lipinski definition) is 3. The summed E-state index contributed by atoms with van der Waals surface area (Å²) >= 11 is 0. The fourth-order valence-electron chi connectivity index (χ4n) is 8.16. The number of amides is 1. The van der Waals surface area contributed by atoms with Gasteiger partial charge in [0.15, 0.2) is 0 Å². The first-order valence-corrected chi connectivity index (χ1v) is 28.1. The number of carbonyl (C=O) groups is 2. The van der Waals surface area contributed by atoms with E-state index >= 15 is 0 Å². The normalized spacial score (nSPS) is 13.1. The highest BCUT2D eigenvalue weighted by Gasteiger charge is 2.18. The van der Waals surface area contributed by atoms with Gasteiger partial charge in [0, 0.05) is 12.8 Å². The molecule has 378 valence electrons. The molecule has 0 spiro atoms. The molecule has 0 heterocycles. The third-order valence-corrected chi connectivity index (χ3v) is 12.5. The number of ether oxygens (including phenoxy) is 1. The van der Waals surface area contributed by atoms with Crippen molar-refractivity contribution in [3.05, 3.63) is 60.8 Å². The van der Waals surface area contributed by atoms with Crippen molar-refractivity contribution in [2.75, 3.05) is 13.2 Å². The molecule has 0 radical (unpaired) electrons. The predicted octanol–water partition coefficient (Wildman–Crippen LogP) is 17.2. The second kappa shape index (κ2) is 54.2. The van der Waals surface area contributed by atoms with Crippen LogP contribution in [0.1, 0.15) is 277 Å². The fourth-order valence-corrected chi connectivity index (χ4v) is 8.16. The first kappa shape index (κ1) is 62.6. The van der Waals surface area contributed by atoms with Gasteiger partial charge >= 0.3 is 5.97 Å². The predicted molar refractivity (Wildman–Crippen MR) is 282 cm³/mol. The molecule has 0 aromatic carbocycles. The van der Waals surface area contributed by atoms with Crippen molar-refractivity contribution < 1.29 is 24.5 Å². The van der Waals surface area contributed by atoms with Crippen LogP contribution in [0.15, 0.2) is 60.8 Å². The van der Waals surface area contributed by atoms with Crippen LogP contribution in [0.5, 0.6) is 0 Å². The van der Waals surface area contributed by atoms with E-state index in [-0.39, 0.29) is 18.5 Å². The molecular formula is C59H107NO5. The molecule has 3 N–H and O–H groups in total. The van der Waals surface area contributed by atoms with Crippen molar-refractivity contribution in [2.24, 2.45) is 0 Å². The first-order chi connectivity index (χ1) is 32.0. The molecule has 2 atom stereocenters. The van der Waals surface area contributed by atoms with E-state index in [0.717, 1.165) is 89.9 Å². The summed E-state index contributed by atoms with van der Waals surface area (Å²) in [7, 11) is 0. The summed E-state index contributed by atoms with van der Waals surface area (Å²) in [5, 5.41) is 23.0. The largest absolute Gasteiger partial charge is 0.466 e. The van der Waals surface area contributed by atoms with E-state index in [1.165, 1.54) is 161 Å². The van der Waals surface area contributed by atoms with Crippen molar-refractivity contribution in [3.8, 4) is 0 Å². The Labute approximate surface area is 403 Å². The summed E-state index contributed by atoms with van der Waals surface area (Å²) in [6, 6.07) is -0.641. The molecule has 1 amide bonds. The number of aliphatic hydroxyl groups is 2. The van der Waals surface area contributed by atoms with Crippen molar-refractivity contribution in [1.82, 2.24) is 5.32 Å². The van der Waals surface area contributed by atoms with Crippen LogP contribution in [-0.4, -0.2) is 47.4 Å². The van der Waals surface area contributed by atoms with Gasteiger partial charge in [0.1, 0.15) is 0 Å². The molecule has 0 aliphatic heterocycles. The van der Waals surface area contributed by atoms with Crippen LogP contribution < -0.4 is 5.32 Å². The molecule has 0 aromatic rings. The SMILES string of the molecule is CCCCCC/C=C\C/C=C\CCCCCCCCCC(=O)OCCCCC/C=C\C/C=C\CCCCCCCCCC(=O)NC(CO)C(O)/C=C/CCCCCCCCCCCCC. The Balaban J connectivity index is 3.53. The second-order valence-corrected chi connectivity index (χ2v) is 18.9. The number of esters is 1. The smallest absolute Gasteiger partial charge is 0.305 e. The van der Waals surface area contributed by atoms with Gasteiger partial charge in [0.25, 0.3) is 0 Å². The molecule has 0 aliphatic rings. The number of unbranched alkanes of at least 4 members (excludes halogenated alkanes) is 32. The molecule has 0 saturated carbocycles. The lowest BCUT2D eigenvalue weighted by Crippen LogP contribution is -2.45. The van der Waals surface area contributed by atoms with E-state index < -0.39 is 12.1 Å². The van der Waals surface area contributed by atoms with Crippen LogP contribution in [0.4, 0.5) is 0 Å². The average Bonchev–Trinajstić information content (AvgIpc) is 3.31. The maximum Gasteiger partial charge on any atom is 0.305 e. The van der Waals surface area contributed by atoms with Crippen LogP contribution in [0, 0.1) is 0 Å².